The van der Waals surface area contributed by atoms with E-state index in [4.69, 9.17) is 26.4 Å². The number of esters is 1. The van der Waals surface area contributed by atoms with Gasteiger partial charge in [0, 0.05) is 0 Å². The van der Waals surface area contributed by atoms with Crippen LogP contribution in [0.15, 0.2) is 48.5 Å². The van der Waals surface area contributed by atoms with E-state index in [1.165, 1.54) is 12.1 Å². The van der Waals surface area contributed by atoms with E-state index in [9.17, 15) is 4.79 Å². The smallest absolute Gasteiger partial charge is 0.423 e. The van der Waals surface area contributed by atoms with Crippen LogP contribution in [-0.2, 0) is 0 Å². The van der Waals surface area contributed by atoms with Crippen molar-refractivity contribution in [3.8, 4) is 5.75 Å². The van der Waals surface area contributed by atoms with Gasteiger partial charge in [0.2, 0.25) is 0 Å². The van der Waals surface area contributed by atoms with Gasteiger partial charge in [-0.15, -0.1) is 0 Å². The first kappa shape index (κ1) is 13.6. The number of rotatable bonds is 3. The minimum Gasteiger partial charge on any atom is -0.423 e. The van der Waals surface area contributed by atoms with E-state index in [1.54, 1.807) is 36.4 Å². The molecule has 0 aliphatic rings. The van der Waals surface area contributed by atoms with Crippen LogP contribution in [0, 0.1) is 0 Å². The van der Waals surface area contributed by atoms with Crippen molar-refractivity contribution < 1.29 is 19.6 Å². The highest BCUT2D eigenvalue weighted by Crippen LogP contribution is 2.18. The monoisotopic (exact) mass is 276 g/mol. The fourth-order valence-corrected chi connectivity index (χ4v) is 1.74. The Bertz CT molecular complexity index is 601. The quantitative estimate of drug-likeness (QED) is 0.503. The third-order valence-corrected chi connectivity index (χ3v) is 2.79. The summed E-state index contributed by atoms with van der Waals surface area (Å²) in [5.41, 5.74) is 0.489. The Hall–Kier alpha value is -1.82. The molecule has 0 unspecified atom stereocenters. The zero-order valence-electron chi connectivity index (χ0n) is 9.79. The highest BCUT2D eigenvalue weighted by Gasteiger charge is 2.15. The minimum absolute atomic E-state index is 0.218. The molecular weight excluding hydrogens is 266 g/mol. The number of benzene rings is 2. The summed E-state index contributed by atoms with van der Waals surface area (Å²) in [6.07, 6.45) is 0. The number of hydrogen-bond acceptors (Lipinski definition) is 4. The van der Waals surface area contributed by atoms with Gasteiger partial charge in [0.1, 0.15) is 5.75 Å². The first-order chi connectivity index (χ1) is 9.08. The lowest BCUT2D eigenvalue weighted by Crippen LogP contribution is -2.29. The van der Waals surface area contributed by atoms with Crippen molar-refractivity contribution in [3.63, 3.8) is 0 Å². The van der Waals surface area contributed by atoms with Gasteiger partial charge in [-0.2, -0.15) is 0 Å². The van der Waals surface area contributed by atoms with Crippen LogP contribution in [0.2, 0.25) is 5.02 Å². The van der Waals surface area contributed by atoms with Crippen molar-refractivity contribution in [1.29, 1.82) is 0 Å². The summed E-state index contributed by atoms with van der Waals surface area (Å²) in [6, 6.07) is 12.5. The van der Waals surface area contributed by atoms with Crippen molar-refractivity contribution in [2.24, 2.45) is 0 Å². The third-order valence-electron chi connectivity index (χ3n) is 2.46. The van der Waals surface area contributed by atoms with Crippen molar-refractivity contribution in [1.82, 2.24) is 0 Å². The Morgan fingerprint density at radius 3 is 2.53 bits per heavy atom. The number of carbonyl (C=O) groups excluding carboxylic acids is 1. The van der Waals surface area contributed by atoms with Crippen LogP contribution < -0.4 is 10.2 Å². The van der Waals surface area contributed by atoms with Crippen LogP contribution in [0.4, 0.5) is 0 Å². The molecule has 2 aromatic rings. The van der Waals surface area contributed by atoms with Gasteiger partial charge in [0.05, 0.1) is 10.6 Å². The molecule has 2 N–H and O–H groups in total. The van der Waals surface area contributed by atoms with Gasteiger partial charge in [-0.1, -0.05) is 35.9 Å². The summed E-state index contributed by atoms with van der Waals surface area (Å²) in [5.74, 6) is -0.384. The van der Waals surface area contributed by atoms with Crippen molar-refractivity contribution >= 4 is 30.2 Å². The van der Waals surface area contributed by atoms with Gasteiger partial charge < -0.3 is 14.8 Å². The third kappa shape index (κ3) is 3.35. The van der Waals surface area contributed by atoms with Crippen LogP contribution in [0.5, 0.6) is 5.75 Å². The highest BCUT2D eigenvalue weighted by molar-refractivity contribution is 6.58. The Balaban J connectivity index is 2.20. The number of carbonyl (C=O) groups is 1. The molecule has 0 spiro atoms. The molecule has 0 amide bonds. The molecule has 2 rings (SSSR count). The van der Waals surface area contributed by atoms with E-state index in [0.717, 1.165) is 0 Å². The van der Waals surface area contributed by atoms with Crippen LogP contribution in [-0.4, -0.2) is 23.1 Å². The topological polar surface area (TPSA) is 66.8 Å². The molecule has 0 heterocycles. The zero-order valence-corrected chi connectivity index (χ0v) is 10.5. The molecule has 0 radical (unpaired) electrons. The lowest BCUT2D eigenvalue weighted by molar-refractivity contribution is 0.0735. The predicted molar refractivity (Wildman–Crippen MR) is 72.7 cm³/mol. The maximum absolute atomic E-state index is 11.9. The summed E-state index contributed by atoms with van der Waals surface area (Å²) in [6.45, 7) is 0. The maximum Gasteiger partial charge on any atom is 0.488 e. The Morgan fingerprint density at radius 2 is 1.84 bits per heavy atom. The standard InChI is InChI=1S/C13H10BClO4/c15-12-7-2-1-6-11(12)13(16)19-10-5-3-4-9(8-10)14(17)18/h1-8,17-18H. The average Bonchev–Trinajstić information content (AvgIpc) is 2.39. The van der Waals surface area contributed by atoms with Gasteiger partial charge in [0.15, 0.2) is 0 Å². The summed E-state index contributed by atoms with van der Waals surface area (Å²) < 4.78 is 5.13. The Morgan fingerprint density at radius 1 is 1.11 bits per heavy atom. The molecule has 0 saturated heterocycles. The molecule has 0 aromatic heterocycles. The van der Waals surface area contributed by atoms with E-state index in [2.05, 4.69) is 0 Å². The number of ether oxygens (including phenoxy) is 1. The summed E-state index contributed by atoms with van der Waals surface area (Å²) in [7, 11) is -1.61. The molecule has 0 fully saturated rings. The van der Waals surface area contributed by atoms with Gasteiger partial charge in [0.25, 0.3) is 0 Å². The van der Waals surface area contributed by atoms with E-state index in [-0.39, 0.29) is 16.8 Å². The fraction of sp³-hybridized carbons (Fsp3) is 0. The van der Waals surface area contributed by atoms with Crippen molar-refractivity contribution in [2.45, 2.75) is 0 Å². The Kier molecular flexibility index (Phi) is 4.22. The first-order valence-electron chi connectivity index (χ1n) is 5.51. The van der Waals surface area contributed by atoms with Crippen LogP contribution in [0.1, 0.15) is 10.4 Å². The van der Waals surface area contributed by atoms with Gasteiger partial charge in [-0.3, -0.25) is 0 Å². The van der Waals surface area contributed by atoms with Gasteiger partial charge in [-0.25, -0.2) is 4.79 Å². The molecular formula is C13H10BClO4. The zero-order chi connectivity index (χ0) is 13.8. The molecule has 2 aromatic carbocycles. The summed E-state index contributed by atoms with van der Waals surface area (Å²) in [4.78, 5) is 11.9. The molecule has 0 atom stereocenters. The van der Waals surface area contributed by atoms with Gasteiger partial charge in [-0.05, 0) is 29.7 Å². The largest absolute Gasteiger partial charge is 0.488 e. The summed E-state index contributed by atoms with van der Waals surface area (Å²) in [5, 5.41) is 18.4. The lowest BCUT2D eigenvalue weighted by Gasteiger charge is -2.07. The van der Waals surface area contributed by atoms with Gasteiger partial charge >= 0.3 is 13.1 Å². The van der Waals surface area contributed by atoms with Crippen LogP contribution in [0.3, 0.4) is 0 Å². The average molecular weight is 276 g/mol. The van der Waals surface area contributed by atoms with Crippen molar-refractivity contribution in [3.05, 3.63) is 59.1 Å². The second-order valence-corrected chi connectivity index (χ2v) is 4.22. The highest BCUT2D eigenvalue weighted by atomic mass is 35.5. The minimum atomic E-state index is -1.61. The van der Waals surface area contributed by atoms with E-state index < -0.39 is 13.1 Å². The fourth-order valence-electron chi connectivity index (χ4n) is 1.53. The molecule has 4 nitrogen and oxygen atoms in total. The second-order valence-electron chi connectivity index (χ2n) is 3.82. The first-order valence-corrected chi connectivity index (χ1v) is 5.88. The molecule has 96 valence electrons. The van der Waals surface area contributed by atoms with E-state index in [0.29, 0.717) is 5.02 Å². The summed E-state index contributed by atoms with van der Waals surface area (Å²) >= 11 is 5.89. The molecule has 0 saturated carbocycles. The number of halogens is 1. The predicted octanol–water partition coefficient (Wildman–Crippen LogP) is 1.24. The normalized spacial score (nSPS) is 10.1. The molecule has 6 heteroatoms. The van der Waals surface area contributed by atoms with Crippen LogP contribution in [0.25, 0.3) is 0 Å². The van der Waals surface area contributed by atoms with Crippen LogP contribution >= 0.6 is 11.6 Å². The van der Waals surface area contributed by atoms with E-state index >= 15 is 0 Å². The second kappa shape index (κ2) is 5.88. The molecule has 0 aliphatic heterocycles. The number of hydrogen-bond donors (Lipinski definition) is 2. The maximum atomic E-state index is 11.9. The molecule has 19 heavy (non-hydrogen) atoms. The Labute approximate surface area is 115 Å². The lowest BCUT2D eigenvalue weighted by atomic mass is 9.80. The SMILES string of the molecule is O=C(Oc1cccc(B(O)O)c1)c1ccccc1Cl. The molecule has 0 aliphatic carbocycles. The van der Waals surface area contributed by atoms with Crippen molar-refractivity contribution in [2.75, 3.05) is 0 Å². The molecule has 0 bridgehead atoms. The van der Waals surface area contributed by atoms with E-state index in [1.807, 2.05) is 0 Å².